The molecule has 2 aromatic rings. The molecule has 2 heterocycles. The lowest BCUT2D eigenvalue weighted by atomic mass is 10.2. The van der Waals surface area contributed by atoms with Crippen LogP contribution in [0.3, 0.4) is 0 Å². The van der Waals surface area contributed by atoms with Crippen molar-refractivity contribution in [3.63, 3.8) is 0 Å². The van der Waals surface area contributed by atoms with Crippen molar-refractivity contribution in [1.29, 1.82) is 0 Å². The normalized spacial score (nSPS) is 12.2. The van der Waals surface area contributed by atoms with E-state index >= 15 is 0 Å². The molecule has 0 unspecified atom stereocenters. The molecule has 1 aromatic heterocycles. The van der Waals surface area contributed by atoms with Gasteiger partial charge in [-0.1, -0.05) is 6.07 Å². The molecule has 3 rings (SSSR count). The number of carbonyl (C=O) groups excluding carboxylic acids is 1. The van der Waals surface area contributed by atoms with E-state index in [1.807, 2.05) is 0 Å². The summed E-state index contributed by atoms with van der Waals surface area (Å²) in [5.41, 5.74) is 1.15. The van der Waals surface area contributed by atoms with Gasteiger partial charge in [-0.2, -0.15) is 0 Å². The quantitative estimate of drug-likeness (QED) is 0.886. The molecule has 102 valence electrons. The number of nitrogens with zero attached hydrogens (tertiary/aromatic N) is 1. The topological polar surface area (TPSA) is 80.7 Å². The molecular formula is C14H12N2O4. The monoisotopic (exact) mass is 272 g/mol. The summed E-state index contributed by atoms with van der Waals surface area (Å²) >= 11 is 0. The van der Waals surface area contributed by atoms with Crippen LogP contribution in [-0.4, -0.2) is 22.8 Å². The zero-order chi connectivity index (χ0) is 13.9. The van der Waals surface area contributed by atoms with E-state index in [0.29, 0.717) is 28.4 Å². The number of rotatable bonds is 3. The highest BCUT2D eigenvalue weighted by Gasteiger charge is 2.16. The lowest BCUT2D eigenvalue weighted by Crippen LogP contribution is -2.12. The summed E-state index contributed by atoms with van der Waals surface area (Å²) in [7, 11) is 0. The van der Waals surface area contributed by atoms with E-state index < -0.39 is 0 Å². The molecule has 20 heavy (non-hydrogen) atoms. The van der Waals surface area contributed by atoms with Gasteiger partial charge in [0.2, 0.25) is 6.79 Å². The summed E-state index contributed by atoms with van der Waals surface area (Å²) in [6.45, 7) is 0.0912. The Kier molecular flexibility index (Phi) is 3.22. The molecule has 0 bridgehead atoms. The van der Waals surface area contributed by atoms with Crippen molar-refractivity contribution in [1.82, 2.24) is 4.98 Å². The van der Waals surface area contributed by atoms with Gasteiger partial charge < -0.3 is 19.9 Å². The SMILES string of the molecule is O=C(Nc1ccc(CO)cn1)c1ccc2c(c1)OCO2. The molecule has 0 radical (unpaired) electrons. The molecule has 0 atom stereocenters. The van der Waals surface area contributed by atoms with Gasteiger partial charge in [0, 0.05) is 11.8 Å². The maximum Gasteiger partial charge on any atom is 0.256 e. The zero-order valence-electron chi connectivity index (χ0n) is 10.5. The number of benzene rings is 1. The van der Waals surface area contributed by atoms with Crippen LogP contribution in [-0.2, 0) is 6.61 Å². The Morgan fingerprint density at radius 1 is 1.25 bits per heavy atom. The van der Waals surface area contributed by atoms with Gasteiger partial charge in [-0.25, -0.2) is 4.98 Å². The van der Waals surface area contributed by atoms with Crippen LogP contribution in [0.2, 0.25) is 0 Å². The van der Waals surface area contributed by atoms with Crippen molar-refractivity contribution in [3.05, 3.63) is 47.7 Å². The van der Waals surface area contributed by atoms with Gasteiger partial charge in [0.05, 0.1) is 6.61 Å². The number of pyridine rings is 1. The summed E-state index contributed by atoms with van der Waals surface area (Å²) in [6, 6.07) is 8.31. The summed E-state index contributed by atoms with van der Waals surface area (Å²) in [6.07, 6.45) is 1.51. The molecule has 0 saturated heterocycles. The van der Waals surface area contributed by atoms with Crippen LogP contribution in [0.15, 0.2) is 36.5 Å². The van der Waals surface area contributed by atoms with Crippen LogP contribution >= 0.6 is 0 Å². The summed E-state index contributed by atoms with van der Waals surface area (Å²) in [5, 5.41) is 11.6. The van der Waals surface area contributed by atoms with Crippen LogP contribution in [0.5, 0.6) is 11.5 Å². The van der Waals surface area contributed by atoms with Gasteiger partial charge in [0.15, 0.2) is 11.5 Å². The van der Waals surface area contributed by atoms with Crippen LogP contribution in [0.4, 0.5) is 5.82 Å². The molecule has 6 heteroatoms. The Morgan fingerprint density at radius 2 is 2.10 bits per heavy atom. The van der Waals surface area contributed by atoms with Crippen molar-refractivity contribution < 1.29 is 19.4 Å². The van der Waals surface area contributed by atoms with Crippen molar-refractivity contribution in [2.75, 3.05) is 12.1 Å². The molecule has 0 aliphatic carbocycles. The Bertz CT molecular complexity index is 640. The van der Waals surface area contributed by atoms with Gasteiger partial charge in [0.1, 0.15) is 5.82 Å². The first-order chi connectivity index (χ1) is 9.76. The first-order valence-corrected chi connectivity index (χ1v) is 6.03. The fourth-order valence-corrected chi connectivity index (χ4v) is 1.82. The lowest BCUT2D eigenvalue weighted by molar-refractivity contribution is 0.102. The number of amides is 1. The average Bonchev–Trinajstić information content (AvgIpc) is 2.95. The van der Waals surface area contributed by atoms with Gasteiger partial charge >= 0.3 is 0 Å². The molecule has 1 aliphatic heterocycles. The molecule has 1 aromatic carbocycles. The maximum atomic E-state index is 12.1. The van der Waals surface area contributed by atoms with Crippen LogP contribution in [0, 0.1) is 0 Å². The standard InChI is InChI=1S/C14H12N2O4/c17-7-9-1-4-13(15-6-9)16-14(18)10-2-3-11-12(5-10)20-8-19-11/h1-6,17H,7-8H2,(H,15,16,18). The Hall–Kier alpha value is -2.60. The first kappa shape index (κ1) is 12.4. The molecule has 2 N–H and O–H groups in total. The molecule has 0 spiro atoms. The van der Waals surface area contributed by atoms with Crippen LogP contribution < -0.4 is 14.8 Å². The average molecular weight is 272 g/mol. The number of aromatic nitrogens is 1. The predicted molar refractivity (Wildman–Crippen MR) is 70.7 cm³/mol. The number of nitrogens with one attached hydrogen (secondary N) is 1. The number of hydrogen-bond donors (Lipinski definition) is 2. The highest BCUT2D eigenvalue weighted by molar-refractivity contribution is 6.04. The second-order valence-corrected chi connectivity index (χ2v) is 4.23. The highest BCUT2D eigenvalue weighted by atomic mass is 16.7. The van der Waals surface area contributed by atoms with E-state index in [2.05, 4.69) is 10.3 Å². The molecule has 1 amide bonds. The fraction of sp³-hybridized carbons (Fsp3) is 0.143. The van der Waals surface area contributed by atoms with E-state index in [1.165, 1.54) is 6.20 Å². The fourth-order valence-electron chi connectivity index (χ4n) is 1.82. The minimum Gasteiger partial charge on any atom is -0.454 e. The Morgan fingerprint density at radius 3 is 2.85 bits per heavy atom. The largest absolute Gasteiger partial charge is 0.454 e. The second-order valence-electron chi connectivity index (χ2n) is 4.23. The number of carbonyl (C=O) groups is 1. The molecule has 0 saturated carbocycles. The van der Waals surface area contributed by atoms with Gasteiger partial charge in [0.25, 0.3) is 5.91 Å². The van der Waals surface area contributed by atoms with E-state index in [0.717, 1.165) is 0 Å². The summed E-state index contributed by atoms with van der Waals surface area (Å²) in [4.78, 5) is 16.1. The Balaban J connectivity index is 1.75. The van der Waals surface area contributed by atoms with E-state index in [-0.39, 0.29) is 19.3 Å². The Labute approximate surface area is 115 Å². The first-order valence-electron chi connectivity index (χ1n) is 6.03. The van der Waals surface area contributed by atoms with Gasteiger partial charge in [-0.15, -0.1) is 0 Å². The number of aliphatic hydroxyl groups is 1. The van der Waals surface area contributed by atoms with Crippen molar-refractivity contribution in [2.45, 2.75) is 6.61 Å². The minimum atomic E-state index is -0.285. The van der Waals surface area contributed by atoms with Crippen LogP contribution in [0.25, 0.3) is 0 Å². The van der Waals surface area contributed by atoms with E-state index in [9.17, 15) is 4.79 Å². The molecule has 6 nitrogen and oxygen atoms in total. The third kappa shape index (κ3) is 2.41. The van der Waals surface area contributed by atoms with E-state index in [1.54, 1.807) is 30.3 Å². The van der Waals surface area contributed by atoms with Crippen LogP contribution in [0.1, 0.15) is 15.9 Å². The van der Waals surface area contributed by atoms with E-state index in [4.69, 9.17) is 14.6 Å². The van der Waals surface area contributed by atoms with Crippen molar-refractivity contribution >= 4 is 11.7 Å². The smallest absolute Gasteiger partial charge is 0.256 e. The van der Waals surface area contributed by atoms with Crippen molar-refractivity contribution in [2.24, 2.45) is 0 Å². The summed E-state index contributed by atoms with van der Waals surface area (Å²) < 4.78 is 10.4. The molecule has 1 aliphatic rings. The third-order valence-corrected chi connectivity index (χ3v) is 2.88. The lowest BCUT2D eigenvalue weighted by Gasteiger charge is -2.05. The number of ether oxygens (including phenoxy) is 2. The van der Waals surface area contributed by atoms with Crippen molar-refractivity contribution in [3.8, 4) is 11.5 Å². The second kappa shape index (κ2) is 5.18. The number of aliphatic hydroxyl groups excluding tert-OH is 1. The number of fused-ring (bicyclic) bond motifs is 1. The highest BCUT2D eigenvalue weighted by Crippen LogP contribution is 2.32. The van der Waals surface area contributed by atoms with Gasteiger partial charge in [-0.05, 0) is 29.8 Å². The molecule has 0 fully saturated rings. The maximum absolute atomic E-state index is 12.1. The molecular weight excluding hydrogens is 260 g/mol. The zero-order valence-corrected chi connectivity index (χ0v) is 10.5. The van der Waals surface area contributed by atoms with Gasteiger partial charge in [-0.3, -0.25) is 4.79 Å². The number of hydrogen-bond acceptors (Lipinski definition) is 5. The predicted octanol–water partition coefficient (Wildman–Crippen LogP) is 1.55. The number of anilines is 1. The third-order valence-electron chi connectivity index (χ3n) is 2.88. The minimum absolute atomic E-state index is 0.0800. The summed E-state index contributed by atoms with van der Waals surface area (Å²) in [5.74, 6) is 1.32.